The van der Waals surface area contributed by atoms with Gasteiger partial charge in [0.2, 0.25) is 0 Å². The zero-order valence-corrected chi connectivity index (χ0v) is 14.7. The van der Waals surface area contributed by atoms with Crippen molar-refractivity contribution < 1.29 is 4.74 Å². The molecule has 1 aliphatic rings. The molecule has 0 radical (unpaired) electrons. The number of nitrogens with one attached hydrogen (secondary N) is 1. The van der Waals surface area contributed by atoms with Crippen LogP contribution in [0.5, 0.6) is 0 Å². The molecule has 0 aromatic heterocycles. The van der Waals surface area contributed by atoms with Gasteiger partial charge in [0.25, 0.3) is 0 Å². The molecule has 0 saturated carbocycles. The Balaban J connectivity index is 0.00000176. The zero-order valence-electron chi connectivity index (χ0n) is 11.6. The average Bonchev–Trinajstić information content (AvgIpc) is 2.43. The van der Waals surface area contributed by atoms with Crippen molar-refractivity contribution in [1.82, 2.24) is 5.32 Å². The first-order chi connectivity index (χ1) is 10.1. The van der Waals surface area contributed by atoms with Gasteiger partial charge in [0, 0.05) is 18.1 Å². The highest BCUT2D eigenvalue weighted by atomic mass is 35.5. The second-order valence-corrected chi connectivity index (χ2v) is 6.39. The number of ether oxygens (including phenoxy) is 1. The van der Waals surface area contributed by atoms with Crippen LogP contribution in [0.4, 0.5) is 0 Å². The van der Waals surface area contributed by atoms with Gasteiger partial charge in [-0.05, 0) is 35.4 Å². The molecular weight excluding hydrogens is 364 g/mol. The third kappa shape index (κ3) is 3.70. The SMILES string of the molecule is Cl.Clc1ccc(COC2(c3ccc(Cl)c(Cl)c3)CNC2)cc1. The summed E-state index contributed by atoms with van der Waals surface area (Å²) >= 11 is 18.0. The average molecular weight is 379 g/mol. The molecule has 0 bridgehead atoms. The van der Waals surface area contributed by atoms with Crippen LogP contribution in [0.15, 0.2) is 42.5 Å². The highest BCUT2D eigenvalue weighted by molar-refractivity contribution is 6.42. The van der Waals surface area contributed by atoms with E-state index < -0.39 is 0 Å². The maximum Gasteiger partial charge on any atom is 0.118 e. The van der Waals surface area contributed by atoms with E-state index in [1.54, 1.807) is 0 Å². The number of hydrogen-bond donors (Lipinski definition) is 1. The van der Waals surface area contributed by atoms with Gasteiger partial charge in [-0.3, -0.25) is 0 Å². The van der Waals surface area contributed by atoms with Crippen molar-refractivity contribution >= 4 is 47.2 Å². The zero-order chi connectivity index (χ0) is 14.9. The lowest BCUT2D eigenvalue weighted by Gasteiger charge is -2.43. The van der Waals surface area contributed by atoms with Crippen molar-refractivity contribution in [2.75, 3.05) is 13.1 Å². The molecule has 0 aliphatic carbocycles. The smallest absolute Gasteiger partial charge is 0.118 e. The summed E-state index contributed by atoms with van der Waals surface area (Å²) in [6.45, 7) is 2.05. The molecule has 2 nitrogen and oxygen atoms in total. The maximum absolute atomic E-state index is 6.17. The third-order valence-corrected chi connectivity index (χ3v) is 4.69. The fraction of sp³-hybridized carbons (Fsp3) is 0.250. The van der Waals surface area contributed by atoms with Gasteiger partial charge < -0.3 is 10.1 Å². The van der Waals surface area contributed by atoms with Crippen molar-refractivity contribution in [2.24, 2.45) is 0 Å². The summed E-state index contributed by atoms with van der Waals surface area (Å²) in [5.74, 6) is 0. The van der Waals surface area contributed by atoms with Crippen molar-refractivity contribution in [2.45, 2.75) is 12.2 Å². The Labute approximate surface area is 151 Å². The lowest BCUT2D eigenvalue weighted by atomic mass is 9.88. The lowest BCUT2D eigenvalue weighted by molar-refractivity contribution is -0.0968. The highest BCUT2D eigenvalue weighted by Gasteiger charge is 2.40. The molecule has 2 aromatic carbocycles. The second kappa shape index (κ2) is 7.39. The highest BCUT2D eigenvalue weighted by Crippen LogP contribution is 2.34. The van der Waals surface area contributed by atoms with Crippen LogP contribution in [0.3, 0.4) is 0 Å². The molecule has 1 fully saturated rings. The molecule has 1 N–H and O–H groups in total. The Hall–Kier alpha value is -0.480. The summed E-state index contributed by atoms with van der Waals surface area (Å²) in [6.07, 6.45) is 0. The van der Waals surface area contributed by atoms with E-state index >= 15 is 0 Å². The summed E-state index contributed by atoms with van der Waals surface area (Å²) in [6, 6.07) is 13.3. The Bertz CT molecular complexity index is 641. The Morgan fingerprint density at radius 1 is 0.955 bits per heavy atom. The number of benzene rings is 2. The number of rotatable bonds is 4. The maximum atomic E-state index is 6.17. The predicted molar refractivity (Wildman–Crippen MR) is 94.5 cm³/mol. The first-order valence-corrected chi connectivity index (χ1v) is 7.77. The minimum Gasteiger partial charge on any atom is -0.363 e. The fourth-order valence-corrected chi connectivity index (χ4v) is 2.75. The third-order valence-electron chi connectivity index (χ3n) is 3.70. The summed E-state index contributed by atoms with van der Waals surface area (Å²) < 4.78 is 6.17. The van der Waals surface area contributed by atoms with Crippen LogP contribution in [0.1, 0.15) is 11.1 Å². The quantitative estimate of drug-likeness (QED) is 0.800. The Kier molecular flexibility index (Phi) is 6.00. The summed E-state index contributed by atoms with van der Waals surface area (Å²) in [5, 5.41) is 5.09. The molecule has 2 aromatic rings. The molecule has 0 spiro atoms. The van der Waals surface area contributed by atoms with Gasteiger partial charge in [0.15, 0.2) is 0 Å². The van der Waals surface area contributed by atoms with Crippen LogP contribution >= 0.6 is 47.2 Å². The van der Waals surface area contributed by atoms with Crippen LogP contribution in [-0.2, 0) is 16.9 Å². The van der Waals surface area contributed by atoms with Gasteiger partial charge >= 0.3 is 0 Å². The van der Waals surface area contributed by atoms with E-state index in [0.717, 1.165) is 29.2 Å². The van der Waals surface area contributed by atoms with Gasteiger partial charge in [-0.1, -0.05) is 53.0 Å². The molecule has 0 amide bonds. The number of halogens is 4. The molecule has 1 saturated heterocycles. The van der Waals surface area contributed by atoms with Crippen molar-refractivity contribution in [3.63, 3.8) is 0 Å². The first kappa shape index (κ1) is 17.9. The van der Waals surface area contributed by atoms with Crippen LogP contribution in [0, 0.1) is 0 Å². The molecule has 0 atom stereocenters. The summed E-state index contributed by atoms with van der Waals surface area (Å²) in [4.78, 5) is 0. The molecule has 1 heterocycles. The first-order valence-electron chi connectivity index (χ1n) is 6.64. The molecule has 6 heteroatoms. The van der Waals surface area contributed by atoms with Crippen LogP contribution < -0.4 is 5.32 Å². The van der Waals surface area contributed by atoms with E-state index in [4.69, 9.17) is 39.5 Å². The lowest BCUT2D eigenvalue weighted by Crippen LogP contribution is -2.58. The largest absolute Gasteiger partial charge is 0.363 e. The number of hydrogen-bond acceptors (Lipinski definition) is 2. The van der Waals surface area contributed by atoms with Crippen molar-refractivity contribution in [3.8, 4) is 0 Å². The summed E-state index contributed by atoms with van der Waals surface area (Å²) in [5.41, 5.74) is 1.80. The van der Waals surface area contributed by atoms with E-state index in [1.807, 2.05) is 42.5 Å². The van der Waals surface area contributed by atoms with Crippen LogP contribution in [0.2, 0.25) is 15.1 Å². The van der Waals surface area contributed by atoms with E-state index in [-0.39, 0.29) is 18.0 Å². The van der Waals surface area contributed by atoms with Crippen LogP contribution in [0.25, 0.3) is 0 Å². The molecule has 1 aliphatic heterocycles. The summed E-state index contributed by atoms with van der Waals surface area (Å²) in [7, 11) is 0. The van der Waals surface area contributed by atoms with Gasteiger partial charge in [-0.15, -0.1) is 12.4 Å². The normalized spacial score (nSPS) is 15.8. The van der Waals surface area contributed by atoms with Gasteiger partial charge in [0.05, 0.1) is 16.7 Å². The second-order valence-electron chi connectivity index (χ2n) is 5.14. The minimum atomic E-state index is -0.339. The topological polar surface area (TPSA) is 21.3 Å². The van der Waals surface area contributed by atoms with E-state index in [9.17, 15) is 0 Å². The Morgan fingerprint density at radius 2 is 1.64 bits per heavy atom. The molecular formula is C16H15Cl4NO. The monoisotopic (exact) mass is 377 g/mol. The molecule has 0 unspecified atom stereocenters. The Morgan fingerprint density at radius 3 is 2.18 bits per heavy atom. The molecule has 118 valence electrons. The van der Waals surface area contributed by atoms with E-state index in [0.29, 0.717) is 16.7 Å². The van der Waals surface area contributed by atoms with Gasteiger partial charge in [-0.2, -0.15) is 0 Å². The standard InChI is InChI=1S/C16H14Cl3NO.ClH/c17-13-4-1-11(2-5-13)8-21-16(9-20-10-16)12-3-6-14(18)15(19)7-12;/h1-7,20H,8-10H2;1H. The van der Waals surface area contributed by atoms with Gasteiger partial charge in [-0.25, -0.2) is 0 Å². The van der Waals surface area contributed by atoms with Gasteiger partial charge in [0.1, 0.15) is 5.60 Å². The molecule has 3 rings (SSSR count). The van der Waals surface area contributed by atoms with E-state index in [2.05, 4.69) is 5.32 Å². The fourth-order valence-electron chi connectivity index (χ4n) is 2.32. The van der Waals surface area contributed by atoms with Crippen LogP contribution in [-0.4, -0.2) is 13.1 Å². The van der Waals surface area contributed by atoms with Crippen molar-refractivity contribution in [1.29, 1.82) is 0 Å². The molecule has 22 heavy (non-hydrogen) atoms. The predicted octanol–water partition coefficient (Wildman–Crippen LogP) is 5.08. The van der Waals surface area contributed by atoms with Crippen molar-refractivity contribution in [3.05, 3.63) is 68.7 Å². The minimum absolute atomic E-state index is 0. The van der Waals surface area contributed by atoms with E-state index in [1.165, 1.54) is 0 Å².